The number of carboxylic acids is 1. The summed E-state index contributed by atoms with van der Waals surface area (Å²) in [6.07, 6.45) is 1.89. The summed E-state index contributed by atoms with van der Waals surface area (Å²) in [4.78, 5) is 23.2. The Kier molecular flexibility index (Phi) is 7.66. The van der Waals surface area contributed by atoms with Crippen LogP contribution < -0.4 is 10.6 Å². The second kappa shape index (κ2) is 9.97. The minimum Gasteiger partial charge on any atom is -0.481 e. The number of hydrogen-bond donors (Lipinski definition) is 3. The van der Waals surface area contributed by atoms with Gasteiger partial charge in [0.25, 0.3) is 0 Å². The predicted molar refractivity (Wildman–Crippen MR) is 100.0 cm³/mol. The van der Waals surface area contributed by atoms with Gasteiger partial charge in [-0.15, -0.1) is 0 Å². The molecule has 0 spiro atoms. The van der Waals surface area contributed by atoms with E-state index in [1.54, 1.807) is 0 Å². The Morgan fingerprint density at radius 1 is 1.35 bits per heavy atom. The molecular weight excluding hydrogens is 332 g/mol. The average Bonchev–Trinajstić information content (AvgIpc) is 3.07. The highest BCUT2D eigenvalue weighted by molar-refractivity contribution is 5.74. The fraction of sp³-hybridized carbons (Fsp3) is 0.500. The van der Waals surface area contributed by atoms with Crippen LogP contribution in [0.1, 0.15) is 31.7 Å². The SMILES string of the molecule is C=C(C)C1OCCC1CNC(=O)NC(CCC(=O)O)Cc1ccccc1. The highest BCUT2D eigenvalue weighted by atomic mass is 16.5. The van der Waals surface area contributed by atoms with Crippen LogP contribution >= 0.6 is 0 Å². The summed E-state index contributed by atoms with van der Waals surface area (Å²) in [5.41, 5.74) is 2.04. The third-order valence-corrected chi connectivity index (χ3v) is 4.59. The molecule has 1 saturated heterocycles. The minimum absolute atomic E-state index is 0.0116. The first-order chi connectivity index (χ1) is 12.5. The molecule has 6 heteroatoms. The van der Waals surface area contributed by atoms with Gasteiger partial charge in [-0.2, -0.15) is 0 Å². The van der Waals surface area contributed by atoms with Crippen LogP contribution in [0.15, 0.2) is 42.5 Å². The standard InChI is InChI=1S/C20H28N2O4/c1-14(2)19-16(10-11-26-19)13-21-20(25)22-17(8-9-18(23)24)12-15-6-4-3-5-7-15/h3-7,16-17,19H,1,8-13H2,2H3,(H,23,24)(H2,21,22,25). The normalized spacial score (nSPS) is 20.3. The molecule has 142 valence electrons. The van der Waals surface area contributed by atoms with E-state index in [9.17, 15) is 9.59 Å². The third-order valence-electron chi connectivity index (χ3n) is 4.59. The summed E-state index contributed by atoms with van der Waals surface area (Å²) in [6.45, 7) is 7.07. The lowest BCUT2D eigenvalue weighted by Crippen LogP contribution is -2.45. The molecule has 0 radical (unpaired) electrons. The first-order valence-electron chi connectivity index (χ1n) is 9.02. The van der Waals surface area contributed by atoms with Crippen molar-refractivity contribution >= 4 is 12.0 Å². The van der Waals surface area contributed by atoms with Crippen molar-refractivity contribution in [2.24, 2.45) is 5.92 Å². The van der Waals surface area contributed by atoms with E-state index in [0.29, 0.717) is 26.0 Å². The van der Waals surface area contributed by atoms with Gasteiger partial charge in [0, 0.05) is 31.5 Å². The monoisotopic (exact) mass is 360 g/mol. The van der Waals surface area contributed by atoms with Crippen molar-refractivity contribution in [3.05, 3.63) is 48.0 Å². The van der Waals surface area contributed by atoms with Crippen LogP contribution in [0.25, 0.3) is 0 Å². The van der Waals surface area contributed by atoms with Gasteiger partial charge in [0.2, 0.25) is 0 Å². The number of urea groups is 1. The molecular formula is C20H28N2O4. The number of benzene rings is 1. The molecule has 2 rings (SSSR count). The maximum atomic E-state index is 12.3. The van der Waals surface area contributed by atoms with Gasteiger partial charge < -0.3 is 20.5 Å². The van der Waals surface area contributed by atoms with Crippen molar-refractivity contribution in [3.63, 3.8) is 0 Å². The van der Waals surface area contributed by atoms with E-state index < -0.39 is 5.97 Å². The van der Waals surface area contributed by atoms with Gasteiger partial charge in [-0.05, 0) is 31.7 Å². The van der Waals surface area contributed by atoms with Crippen LogP contribution in [0.3, 0.4) is 0 Å². The van der Waals surface area contributed by atoms with Crippen molar-refractivity contribution in [3.8, 4) is 0 Å². The van der Waals surface area contributed by atoms with Crippen LogP contribution in [0.4, 0.5) is 4.79 Å². The second-order valence-electron chi connectivity index (χ2n) is 6.86. The summed E-state index contributed by atoms with van der Waals surface area (Å²) in [5, 5.41) is 14.7. The summed E-state index contributed by atoms with van der Waals surface area (Å²) >= 11 is 0. The number of hydrogen-bond acceptors (Lipinski definition) is 3. The number of carboxylic acid groups (broad SMARTS) is 1. The largest absolute Gasteiger partial charge is 0.481 e. The number of nitrogens with one attached hydrogen (secondary N) is 2. The predicted octanol–water partition coefficient (Wildman–Crippen LogP) is 2.74. The number of ether oxygens (including phenoxy) is 1. The average molecular weight is 360 g/mol. The van der Waals surface area contributed by atoms with Gasteiger partial charge in [0.15, 0.2) is 0 Å². The van der Waals surface area contributed by atoms with Crippen molar-refractivity contribution in [2.75, 3.05) is 13.2 Å². The van der Waals surface area contributed by atoms with Gasteiger partial charge in [0.1, 0.15) is 0 Å². The maximum Gasteiger partial charge on any atom is 0.315 e. The Balaban J connectivity index is 1.86. The number of carbonyl (C=O) groups is 2. The lowest BCUT2D eigenvalue weighted by molar-refractivity contribution is -0.137. The zero-order chi connectivity index (χ0) is 18.9. The van der Waals surface area contributed by atoms with E-state index in [2.05, 4.69) is 17.2 Å². The summed E-state index contributed by atoms with van der Waals surface area (Å²) in [5.74, 6) is -0.637. The molecule has 1 fully saturated rings. The Morgan fingerprint density at radius 3 is 2.73 bits per heavy atom. The highest BCUT2D eigenvalue weighted by Crippen LogP contribution is 2.25. The van der Waals surface area contributed by atoms with E-state index in [1.165, 1.54) is 0 Å². The third kappa shape index (κ3) is 6.52. The molecule has 0 aliphatic carbocycles. The molecule has 3 atom stereocenters. The Labute approximate surface area is 154 Å². The molecule has 6 nitrogen and oxygen atoms in total. The molecule has 1 aliphatic rings. The number of aliphatic carboxylic acids is 1. The zero-order valence-electron chi connectivity index (χ0n) is 15.2. The molecule has 2 amide bonds. The van der Waals surface area contributed by atoms with E-state index in [0.717, 1.165) is 17.6 Å². The van der Waals surface area contributed by atoms with E-state index >= 15 is 0 Å². The Morgan fingerprint density at radius 2 is 2.08 bits per heavy atom. The molecule has 1 aromatic carbocycles. The molecule has 0 aromatic heterocycles. The Hall–Kier alpha value is -2.34. The minimum atomic E-state index is -0.863. The summed E-state index contributed by atoms with van der Waals surface area (Å²) < 4.78 is 5.65. The zero-order valence-corrected chi connectivity index (χ0v) is 15.2. The molecule has 26 heavy (non-hydrogen) atoms. The number of amides is 2. The van der Waals surface area contributed by atoms with Gasteiger partial charge in [0.05, 0.1) is 6.10 Å². The van der Waals surface area contributed by atoms with Crippen LogP contribution in [0.5, 0.6) is 0 Å². The molecule has 3 unspecified atom stereocenters. The lowest BCUT2D eigenvalue weighted by atomic mass is 9.97. The molecule has 0 bridgehead atoms. The fourth-order valence-electron chi connectivity index (χ4n) is 3.27. The Bertz CT molecular complexity index is 617. The van der Waals surface area contributed by atoms with Crippen molar-refractivity contribution < 1.29 is 19.4 Å². The molecule has 1 aliphatic heterocycles. The van der Waals surface area contributed by atoms with Crippen LogP contribution in [0.2, 0.25) is 0 Å². The fourth-order valence-corrected chi connectivity index (χ4v) is 3.27. The second-order valence-corrected chi connectivity index (χ2v) is 6.86. The van der Waals surface area contributed by atoms with E-state index in [-0.39, 0.29) is 30.5 Å². The maximum absolute atomic E-state index is 12.3. The molecule has 1 aromatic rings. The quantitative estimate of drug-likeness (QED) is 0.591. The van der Waals surface area contributed by atoms with Crippen LogP contribution in [-0.4, -0.2) is 42.4 Å². The first-order valence-corrected chi connectivity index (χ1v) is 9.02. The van der Waals surface area contributed by atoms with Gasteiger partial charge in [-0.1, -0.05) is 42.5 Å². The summed E-state index contributed by atoms with van der Waals surface area (Å²) in [6, 6.07) is 9.23. The number of rotatable bonds is 9. The lowest BCUT2D eigenvalue weighted by Gasteiger charge is -2.22. The first kappa shape index (κ1) is 20.0. The molecule has 0 saturated carbocycles. The van der Waals surface area contributed by atoms with Crippen LogP contribution in [0, 0.1) is 5.92 Å². The van der Waals surface area contributed by atoms with Gasteiger partial charge in [-0.25, -0.2) is 4.79 Å². The molecule has 1 heterocycles. The van der Waals surface area contributed by atoms with Gasteiger partial charge in [-0.3, -0.25) is 4.79 Å². The smallest absolute Gasteiger partial charge is 0.315 e. The molecule has 3 N–H and O–H groups in total. The van der Waals surface area contributed by atoms with Crippen LogP contribution in [-0.2, 0) is 16.0 Å². The van der Waals surface area contributed by atoms with Crippen molar-refractivity contribution in [1.29, 1.82) is 0 Å². The van der Waals surface area contributed by atoms with E-state index in [4.69, 9.17) is 9.84 Å². The number of carbonyl (C=O) groups excluding carboxylic acids is 1. The van der Waals surface area contributed by atoms with E-state index in [1.807, 2.05) is 37.3 Å². The summed E-state index contributed by atoms with van der Waals surface area (Å²) in [7, 11) is 0. The van der Waals surface area contributed by atoms with Crippen molar-refractivity contribution in [2.45, 2.75) is 44.8 Å². The van der Waals surface area contributed by atoms with Crippen molar-refractivity contribution in [1.82, 2.24) is 10.6 Å². The topological polar surface area (TPSA) is 87.7 Å². The highest BCUT2D eigenvalue weighted by Gasteiger charge is 2.29. The van der Waals surface area contributed by atoms with Gasteiger partial charge >= 0.3 is 12.0 Å².